The summed E-state index contributed by atoms with van der Waals surface area (Å²) in [5.41, 5.74) is 1.30. The van der Waals surface area contributed by atoms with E-state index in [-0.39, 0.29) is 11.7 Å². The minimum absolute atomic E-state index is 0.0704. The Bertz CT molecular complexity index is 800. The fourth-order valence-electron chi connectivity index (χ4n) is 2.54. The fraction of sp³-hybridized carbons (Fsp3) is 0.188. The molecule has 6 nitrogen and oxygen atoms in total. The Balaban J connectivity index is 1.71. The lowest BCUT2D eigenvalue weighted by atomic mass is 10.0. The van der Waals surface area contributed by atoms with E-state index >= 15 is 0 Å². The van der Waals surface area contributed by atoms with Crippen LogP contribution in [0, 0.1) is 10.1 Å². The summed E-state index contributed by atoms with van der Waals surface area (Å²) in [7, 11) is 0. The zero-order valence-electron chi connectivity index (χ0n) is 12.5. The third kappa shape index (κ3) is 3.80. The third-order valence-electron chi connectivity index (χ3n) is 3.63. The second-order valence-corrected chi connectivity index (χ2v) is 6.85. The number of nitrogens with one attached hydrogen (secondary N) is 2. The molecule has 2 N–H and O–H groups in total. The number of amides is 2. The van der Waals surface area contributed by atoms with E-state index in [1.54, 1.807) is 17.8 Å². The Hall–Kier alpha value is -2.25. The van der Waals surface area contributed by atoms with Crippen LogP contribution in [-0.4, -0.2) is 16.7 Å². The molecule has 3 rings (SSSR count). The number of halogens is 1. The highest BCUT2D eigenvalue weighted by molar-refractivity contribution is 7.99. The van der Waals surface area contributed by atoms with Gasteiger partial charge in [0.1, 0.15) is 0 Å². The molecular weight excluding hydrogens is 350 g/mol. The maximum Gasteiger partial charge on any atom is 0.319 e. The van der Waals surface area contributed by atoms with Crippen molar-refractivity contribution in [2.24, 2.45) is 0 Å². The molecule has 24 heavy (non-hydrogen) atoms. The van der Waals surface area contributed by atoms with Crippen LogP contribution >= 0.6 is 23.4 Å². The van der Waals surface area contributed by atoms with Crippen molar-refractivity contribution in [3.63, 3.8) is 0 Å². The minimum atomic E-state index is -0.500. The van der Waals surface area contributed by atoms with Gasteiger partial charge in [-0.3, -0.25) is 10.1 Å². The van der Waals surface area contributed by atoms with Gasteiger partial charge in [-0.2, -0.15) is 0 Å². The van der Waals surface area contributed by atoms with Crippen molar-refractivity contribution in [3.8, 4) is 0 Å². The number of benzene rings is 2. The number of hydrogen-bond acceptors (Lipinski definition) is 4. The van der Waals surface area contributed by atoms with Crippen LogP contribution in [-0.2, 0) is 0 Å². The molecule has 1 unspecified atom stereocenters. The molecule has 1 heterocycles. The van der Waals surface area contributed by atoms with Crippen LogP contribution in [0.3, 0.4) is 0 Å². The Morgan fingerprint density at radius 2 is 2.12 bits per heavy atom. The molecule has 0 radical (unpaired) electrons. The zero-order valence-corrected chi connectivity index (χ0v) is 14.1. The van der Waals surface area contributed by atoms with Gasteiger partial charge in [0.25, 0.3) is 5.69 Å². The first-order valence-electron chi connectivity index (χ1n) is 7.27. The molecule has 1 aliphatic rings. The van der Waals surface area contributed by atoms with Gasteiger partial charge in [0.15, 0.2) is 0 Å². The van der Waals surface area contributed by atoms with Gasteiger partial charge in [-0.15, -0.1) is 11.8 Å². The van der Waals surface area contributed by atoms with Crippen molar-refractivity contribution in [3.05, 3.63) is 63.2 Å². The lowest BCUT2D eigenvalue weighted by Crippen LogP contribution is -2.34. The number of carbonyl (C=O) groups excluding carboxylic acids is 1. The molecule has 2 aromatic rings. The number of urea groups is 1. The number of nitro benzene ring substituents is 1. The Kier molecular flexibility index (Phi) is 4.92. The van der Waals surface area contributed by atoms with E-state index in [4.69, 9.17) is 11.6 Å². The molecule has 0 bridgehead atoms. The minimum Gasteiger partial charge on any atom is -0.331 e. The number of fused-ring (bicyclic) bond motifs is 1. The zero-order chi connectivity index (χ0) is 17.1. The number of non-ortho nitro benzene ring substituents is 1. The van der Waals surface area contributed by atoms with E-state index in [0.29, 0.717) is 10.7 Å². The first kappa shape index (κ1) is 16.6. The average molecular weight is 364 g/mol. The summed E-state index contributed by atoms with van der Waals surface area (Å²) in [5.74, 6) is 0.899. The SMILES string of the molecule is O=C(Nc1cccc([N+](=O)[O-])c1)NC1CCSc2ccc(Cl)cc21. The van der Waals surface area contributed by atoms with Gasteiger partial charge in [0.2, 0.25) is 0 Å². The summed E-state index contributed by atoms with van der Waals surface area (Å²) in [6, 6.07) is 10.9. The van der Waals surface area contributed by atoms with Gasteiger partial charge in [-0.25, -0.2) is 4.79 Å². The quantitative estimate of drug-likeness (QED) is 0.616. The first-order valence-corrected chi connectivity index (χ1v) is 8.63. The number of rotatable bonds is 3. The van der Waals surface area contributed by atoms with E-state index in [9.17, 15) is 14.9 Å². The van der Waals surface area contributed by atoms with E-state index in [2.05, 4.69) is 10.6 Å². The molecule has 8 heteroatoms. The summed E-state index contributed by atoms with van der Waals surface area (Å²) in [6.45, 7) is 0. The molecule has 0 aromatic heterocycles. The Labute approximate surface area is 147 Å². The van der Waals surface area contributed by atoms with Gasteiger partial charge < -0.3 is 10.6 Å². The number of nitro groups is 1. The molecule has 0 fully saturated rings. The predicted octanol–water partition coefficient (Wildman–Crippen LogP) is 4.61. The number of anilines is 1. The molecule has 1 atom stereocenters. The monoisotopic (exact) mass is 363 g/mol. The molecule has 2 amide bonds. The summed E-state index contributed by atoms with van der Waals surface area (Å²) < 4.78 is 0. The van der Waals surface area contributed by atoms with Crippen LogP contribution in [0.5, 0.6) is 0 Å². The summed E-state index contributed by atoms with van der Waals surface area (Å²) in [5, 5.41) is 17.0. The Morgan fingerprint density at radius 1 is 1.29 bits per heavy atom. The van der Waals surface area contributed by atoms with Crippen molar-refractivity contribution < 1.29 is 9.72 Å². The van der Waals surface area contributed by atoms with Crippen LogP contribution < -0.4 is 10.6 Å². The largest absolute Gasteiger partial charge is 0.331 e. The van der Waals surface area contributed by atoms with Crippen LogP contribution in [0.4, 0.5) is 16.2 Å². The maximum atomic E-state index is 12.2. The molecule has 2 aromatic carbocycles. The molecule has 0 saturated heterocycles. The van der Waals surface area contributed by atoms with Gasteiger partial charge in [0.05, 0.1) is 11.0 Å². The van der Waals surface area contributed by atoms with Gasteiger partial charge in [0, 0.05) is 33.5 Å². The van der Waals surface area contributed by atoms with Gasteiger partial charge in [-0.1, -0.05) is 17.7 Å². The molecule has 124 valence electrons. The van der Waals surface area contributed by atoms with Crippen molar-refractivity contribution >= 4 is 40.8 Å². The summed E-state index contributed by atoms with van der Waals surface area (Å²) in [6.07, 6.45) is 0.792. The number of thioether (sulfide) groups is 1. The van der Waals surface area contributed by atoms with E-state index in [1.807, 2.05) is 18.2 Å². The third-order valence-corrected chi connectivity index (χ3v) is 4.99. The number of hydrogen-bond donors (Lipinski definition) is 2. The lowest BCUT2D eigenvalue weighted by molar-refractivity contribution is -0.384. The number of nitrogens with zero attached hydrogens (tertiary/aromatic N) is 1. The molecular formula is C16H14ClN3O3S. The topological polar surface area (TPSA) is 84.3 Å². The highest BCUT2D eigenvalue weighted by Gasteiger charge is 2.22. The predicted molar refractivity (Wildman–Crippen MR) is 94.8 cm³/mol. The van der Waals surface area contributed by atoms with Gasteiger partial charge in [-0.05, 0) is 36.2 Å². The fourth-order valence-corrected chi connectivity index (χ4v) is 3.82. The highest BCUT2D eigenvalue weighted by Crippen LogP contribution is 2.37. The number of carbonyl (C=O) groups is 1. The van der Waals surface area contributed by atoms with Crippen molar-refractivity contribution in [2.75, 3.05) is 11.1 Å². The highest BCUT2D eigenvalue weighted by atomic mass is 35.5. The van der Waals surface area contributed by atoms with Crippen LogP contribution in [0.1, 0.15) is 18.0 Å². The second kappa shape index (κ2) is 7.11. The second-order valence-electron chi connectivity index (χ2n) is 5.28. The van der Waals surface area contributed by atoms with Gasteiger partial charge >= 0.3 is 6.03 Å². The van der Waals surface area contributed by atoms with Crippen LogP contribution in [0.2, 0.25) is 5.02 Å². The summed E-state index contributed by atoms with van der Waals surface area (Å²) in [4.78, 5) is 23.6. The smallest absolute Gasteiger partial charge is 0.319 e. The average Bonchev–Trinajstić information content (AvgIpc) is 2.55. The standard InChI is InChI=1S/C16H14ClN3O3S/c17-10-4-5-15-13(8-10)14(6-7-24-15)19-16(21)18-11-2-1-3-12(9-11)20(22)23/h1-5,8-9,14H,6-7H2,(H2,18,19,21). The molecule has 0 spiro atoms. The van der Waals surface area contributed by atoms with E-state index in [1.165, 1.54) is 18.2 Å². The lowest BCUT2D eigenvalue weighted by Gasteiger charge is -2.26. The van der Waals surface area contributed by atoms with E-state index < -0.39 is 11.0 Å². The van der Waals surface area contributed by atoms with Crippen LogP contribution in [0.15, 0.2) is 47.4 Å². The van der Waals surface area contributed by atoms with Crippen LogP contribution in [0.25, 0.3) is 0 Å². The molecule has 0 saturated carbocycles. The normalized spacial score (nSPS) is 16.1. The van der Waals surface area contributed by atoms with E-state index in [0.717, 1.165) is 22.6 Å². The molecule has 1 aliphatic heterocycles. The Morgan fingerprint density at radius 3 is 2.92 bits per heavy atom. The van der Waals surface area contributed by atoms with Crippen molar-refractivity contribution in [1.29, 1.82) is 0 Å². The summed E-state index contributed by atoms with van der Waals surface area (Å²) >= 11 is 7.79. The maximum absolute atomic E-state index is 12.2. The molecule has 0 aliphatic carbocycles. The van der Waals surface area contributed by atoms with Crippen molar-refractivity contribution in [2.45, 2.75) is 17.4 Å². The van der Waals surface area contributed by atoms with Crippen molar-refractivity contribution in [1.82, 2.24) is 5.32 Å². The first-order chi connectivity index (χ1) is 11.5.